The number of hydrogen-bond acceptors (Lipinski definition) is 3. The van der Waals surface area contributed by atoms with Gasteiger partial charge in [-0.1, -0.05) is 20.8 Å². The van der Waals surface area contributed by atoms with Crippen molar-refractivity contribution in [2.24, 2.45) is 0 Å². The number of amides is 1. The minimum Gasteiger partial charge on any atom is -0.384 e. The predicted molar refractivity (Wildman–Crippen MR) is 79.2 cm³/mol. The Morgan fingerprint density at radius 3 is 2.42 bits per heavy atom. The third kappa shape index (κ3) is 3.94. The van der Waals surface area contributed by atoms with Crippen molar-refractivity contribution in [1.29, 1.82) is 0 Å². The molecule has 0 atom stereocenters. The molecule has 4 nitrogen and oxygen atoms in total. The number of nitrogens with two attached hydrogens (primary N) is 1. The van der Waals surface area contributed by atoms with Gasteiger partial charge in [0.05, 0.1) is 0 Å². The minimum atomic E-state index is 0.0350. The molecule has 1 aromatic heterocycles. The molecular formula is C15H25N3O. The van der Waals surface area contributed by atoms with Crippen LogP contribution in [-0.2, 0) is 0 Å². The summed E-state index contributed by atoms with van der Waals surface area (Å²) in [4.78, 5) is 18.7. The Balaban J connectivity index is 3.10. The molecule has 0 aliphatic rings. The van der Waals surface area contributed by atoms with Crippen LogP contribution in [-0.4, -0.2) is 28.4 Å². The van der Waals surface area contributed by atoms with Gasteiger partial charge in [-0.05, 0) is 38.3 Å². The van der Waals surface area contributed by atoms with Crippen LogP contribution in [0.3, 0.4) is 0 Å². The van der Waals surface area contributed by atoms with Crippen LogP contribution < -0.4 is 5.73 Å². The molecule has 0 spiro atoms. The van der Waals surface area contributed by atoms with Gasteiger partial charge in [-0.25, -0.2) is 4.98 Å². The normalized spacial score (nSPS) is 11.1. The molecule has 0 aromatic carbocycles. The van der Waals surface area contributed by atoms with Gasteiger partial charge in [0.25, 0.3) is 5.91 Å². The molecule has 106 valence electrons. The van der Waals surface area contributed by atoms with E-state index in [1.165, 1.54) is 0 Å². The Bertz CT molecular complexity index is 441. The van der Waals surface area contributed by atoms with Crippen LogP contribution in [0.25, 0.3) is 0 Å². The number of aromatic nitrogens is 1. The summed E-state index contributed by atoms with van der Waals surface area (Å²) in [5.74, 6) is 0.705. The molecule has 2 N–H and O–H groups in total. The maximum atomic E-state index is 12.5. The first kappa shape index (κ1) is 15.5. The van der Waals surface area contributed by atoms with Crippen LogP contribution >= 0.6 is 0 Å². The quantitative estimate of drug-likeness (QED) is 0.888. The Morgan fingerprint density at radius 2 is 1.95 bits per heavy atom. The SMILES string of the molecule is CCCN(C(=O)c1cc(N)nc(C(C)C)c1)C(C)C. The summed E-state index contributed by atoms with van der Waals surface area (Å²) in [5.41, 5.74) is 7.31. The van der Waals surface area contributed by atoms with Crippen molar-refractivity contribution < 1.29 is 4.79 Å². The van der Waals surface area contributed by atoms with Crippen molar-refractivity contribution in [2.75, 3.05) is 12.3 Å². The molecule has 1 rings (SSSR count). The van der Waals surface area contributed by atoms with Crippen molar-refractivity contribution in [3.63, 3.8) is 0 Å². The maximum absolute atomic E-state index is 12.5. The number of carbonyl (C=O) groups is 1. The van der Waals surface area contributed by atoms with Crippen molar-refractivity contribution >= 4 is 11.7 Å². The van der Waals surface area contributed by atoms with Crippen LogP contribution in [0.5, 0.6) is 0 Å². The molecule has 1 aromatic rings. The van der Waals surface area contributed by atoms with E-state index in [-0.39, 0.29) is 17.9 Å². The molecule has 0 aliphatic heterocycles. The Labute approximate surface area is 116 Å². The average molecular weight is 263 g/mol. The molecule has 1 heterocycles. The highest BCUT2D eigenvalue weighted by Crippen LogP contribution is 2.18. The van der Waals surface area contributed by atoms with Gasteiger partial charge in [0.1, 0.15) is 5.82 Å². The third-order valence-electron chi connectivity index (χ3n) is 3.05. The first-order valence-electron chi connectivity index (χ1n) is 6.95. The van der Waals surface area contributed by atoms with Gasteiger partial charge in [0.15, 0.2) is 0 Å². The molecule has 0 radical (unpaired) electrons. The molecule has 0 fully saturated rings. The van der Waals surface area contributed by atoms with Gasteiger partial charge >= 0.3 is 0 Å². The van der Waals surface area contributed by atoms with E-state index in [0.717, 1.165) is 18.7 Å². The number of anilines is 1. The lowest BCUT2D eigenvalue weighted by atomic mass is 10.1. The summed E-state index contributed by atoms with van der Waals surface area (Å²) in [7, 11) is 0. The third-order valence-corrected chi connectivity index (χ3v) is 3.05. The highest BCUT2D eigenvalue weighted by atomic mass is 16.2. The van der Waals surface area contributed by atoms with Crippen LogP contribution in [0.2, 0.25) is 0 Å². The van der Waals surface area contributed by atoms with Crippen LogP contribution in [0.1, 0.15) is 63.0 Å². The zero-order valence-corrected chi connectivity index (χ0v) is 12.6. The largest absolute Gasteiger partial charge is 0.384 e. The summed E-state index contributed by atoms with van der Waals surface area (Å²) in [6.45, 7) is 11.0. The lowest BCUT2D eigenvalue weighted by molar-refractivity contribution is 0.0705. The highest BCUT2D eigenvalue weighted by molar-refractivity contribution is 5.95. The van der Waals surface area contributed by atoms with Crippen LogP contribution in [0.15, 0.2) is 12.1 Å². The molecule has 0 aliphatic carbocycles. The summed E-state index contributed by atoms with van der Waals surface area (Å²) >= 11 is 0. The van der Waals surface area contributed by atoms with Gasteiger partial charge in [0.2, 0.25) is 0 Å². The zero-order chi connectivity index (χ0) is 14.6. The topological polar surface area (TPSA) is 59.2 Å². The second kappa shape index (κ2) is 6.55. The summed E-state index contributed by atoms with van der Waals surface area (Å²) in [6.07, 6.45) is 0.946. The number of nitrogen functional groups attached to an aromatic ring is 1. The molecule has 0 saturated carbocycles. The van der Waals surface area contributed by atoms with E-state index in [1.807, 2.05) is 38.7 Å². The fraction of sp³-hybridized carbons (Fsp3) is 0.600. The van der Waals surface area contributed by atoms with E-state index in [0.29, 0.717) is 11.4 Å². The lowest BCUT2D eigenvalue weighted by Crippen LogP contribution is -2.37. The number of carbonyl (C=O) groups excluding carboxylic acids is 1. The average Bonchev–Trinajstić information content (AvgIpc) is 2.33. The zero-order valence-electron chi connectivity index (χ0n) is 12.6. The Hall–Kier alpha value is -1.58. The van der Waals surface area contributed by atoms with Crippen molar-refractivity contribution in [3.05, 3.63) is 23.4 Å². The minimum absolute atomic E-state index is 0.0350. The van der Waals surface area contributed by atoms with Gasteiger partial charge in [-0.2, -0.15) is 0 Å². The van der Waals surface area contributed by atoms with E-state index >= 15 is 0 Å². The number of nitrogens with zero attached hydrogens (tertiary/aromatic N) is 2. The second-order valence-corrected chi connectivity index (χ2v) is 5.45. The number of rotatable bonds is 5. The van der Waals surface area contributed by atoms with E-state index in [1.54, 1.807) is 6.07 Å². The summed E-state index contributed by atoms with van der Waals surface area (Å²) < 4.78 is 0. The molecule has 0 unspecified atom stereocenters. The van der Waals surface area contributed by atoms with Crippen LogP contribution in [0.4, 0.5) is 5.82 Å². The van der Waals surface area contributed by atoms with Crippen molar-refractivity contribution in [3.8, 4) is 0 Å². The summed E-state index contributed by atoms with van der Waals surface area (Å²) in [6, 6.07) is 3.71. The standard InChI is InChI=1S/C15H25N3O/c1-6-7-18(11(4)5)15(19)12-8-13(10(2)3)17-14(16)9-12/h8-11H,6-7H2,1-5H3,(H2,16,17). The molecule has 19 heavy (non-hydrogen) atoms. The maximum Gasteiger partial charge on any atom is 0.254 e. The molecular weight excluding hydrogens is 238 g/mol. The number of hydrogen-bond donors (Lipinski definition) is 1. The highest BCUT2D eigenvalue weighted by Gasteiger charge is 2.19. The lowest BCUT2D eigenvalue weighted by Gasteiger charge is -2.26. The fourth-order valence-corrected chi connectivity index (χ4v) is 1.99. The van der Waals surface area contributed by atoms with Crippen molar-refractivity contribution in [2.45, 2.75) is 53.0 Å². The summed E-state index contributed by atoms with van der Waals surface area (Å²) in [5, 5.41) is 0. The van der Waals surface area contributed by atoms with E-state index in [4.69, 9.17) is 5.73 Å². The van der Waals surface area contributed by atoms with Gasteiger partial charge < -0.3 is 10.6 Å². The van der Waals surface area contributed by atoms with Crippen LogP contribution in [0, 0.1) is 0 Å². The smallest absolute Gasteiger partial charge is 0.254 e. The monoisotopic (exact) mass is 263 g/mol. The van der Waals surface area contributed by atoms with E-state index in [2.05, 4.69) is 11.9 Å². The second-order valence-electron chi connectivity index (χ2n) is 5.45. The van der Waals surface area contributed by atoms with E-state index in [9.17, 15) is 4.79 Å². The van der Waals surface area contributed by atoms with Crippen molar-refractivity contribution in [1.82, 2.24) is 9.88 Å². The first-order chi connectivity index (χ1) is 8.86. The van der Waals surface area contributed by atoms with E-state index < -0.39 is 0 Å². The van der Waals surface area contributed by atoms with Gasteiger partial charge in [-0.15, -0.1) is 0 Å². The van der Waals surface area contributed by atoms with Gasteiger partial charge in [-0.3, -0.25) is 4.79 Å². The molecule has 1 amide bonds. The molecule has 0 bridgehead atoms. The fourth-order valence-electron chi connectivity index (χ4n) is 1.99. The number of pyridine rings is 1. The Kier molecular flexibility index (Phi) is 5.33. The Morgan fingerprint density at radius 1 is 1.32 bits per heavy atom. The molecule has 0 saturated heterocycles. The predicted octanol–water partition coefficient (Wildman–Crippen LogP) is 3.05. The molecule has 4 heteroatoms. The van der Waals surface area contributed by atoms with Gasteiger partial charge in [0, 0.05) is 23.8 Å². The first-order valence-corrected chi connectivity index (χ1v) is 6.95.